The van der Waals surface area contributed by atoms with Gasteiger partial charge in [0.15, 0.2) is 0 Å². The Labute approximate surface area is 176 Å². The fourth-order valence-corrected chi connectivity index (χ4v) is 4.09. The zero-order chi connectivity index (χ0) is 21.1. The number of amides is 3. The smallest absolute Gasteiger partial charge is 0.261 e. The molecule has 1 unspecified atom stereocenters. The summed E-state index contributed by atoms with van der Waals surface area (Å²) < 4.78 is 5.58. The third-order valence-corrected chi connectivity index (χ3v) is 5.62. The molecule has 0 aliphatic carbocycles. The van der Waals surface area contributed by atoms with Gasteiger partial charge in [-0.1, -0.05) is 37.3 Å². The summed E-state index contributed by atoms with van der Waals surface area (Å²) in [6.45, 7) is 4.08. The predicted molar refractivity (Wildman–Crippen MR) is 112 cm³/mol. The maximum atomic E-state index is 13.2. The van der Waals surface area contributed by atoms with Crippen molar-refractivity contribution >= 4 is 17.7 Å². The van der Waals surface area contributed by atoms with Gasteiger partial charge in [0.25, 0.3) is 17.7 Å². The van der Waals surface area contributed by atoms with E-state index >= 15 is 0 Å². The van der Waals surface area contributed by atoms with Gasteiger partial charge in [0, 0.05) is 25.3 Å². The van der Waals surface area contributed by atoms with Gasteiger partial charge in [-0.05, 0) is 43.0 Å². The first-order valence-electron chi connectivity index (χ1n) is 10.5. The Bertz CT molecular complexity index is 951. The lowest BCUT2D eigenvalue weighted by atomic mass is 10.0. The summed E-state index contributed by atoms with van der Waals surface area (Å²) in [4.78, 5) is 41.8. The topological polar surface area (TPSA) is 66.9 Å². The molecule has 0 spiro atoms. The number of fused-ring (bicyclic) bond motifs is 1. The van der Waals surface area contributed by atoms with Crippen molar-refractivity contribution in [3.8, 4) is 0 Å². The Kier molecular flexibility index (Phi) is 5.95. The van der Waals surface area contributed by atoms with Crippen LogP contribution in [-0.2, 0) is 11.3 Å². The van der Waals surface area contributed by atoms with E-state index < -0.39 is 0 Å². The summed E-state index contributed by atoms with van der Waals surface area (Å²) in [6.07, 6.45) is 2.53. The van der Waals surface area contributed by atoms with Crippen molar-refractivity contribution in [2.24, 2.45) is 0 Å². The number of benzene rings is 2. The lowest BCUT2D eigenvalue weighted by molar-refractivity contribution is 0.0475. The highest BCUT2D eigenvalue weighted by molar-refractivity contribution is 6.22. The molecule has 1 saturated heterocycles. The second-order valence-corrected chi connectivity index (χ2v) is 7.83. The van der Waals surface area contributed by atoms with Crippen molar-refractivity contribution in [1.82, 2.24) is 9.80 Å². The molecule has 0 radical (unpaired) electrons. The first-order chi connectivity index (χ1) is 14.6. The summed E-state index contributed by atoms with van der Waals surface area (Å²) in [5, 5.41) is 0. The molecule has 1 fully saturated rings. The normalized spacial score (nSPS) is 18.0. The maximum absolute atomic E-state index is 13.2. The number of carbonyl (C=O) groups excluding carboxylic acids is 3. The quantitative estimate of drug-likeness (QED) is 0.660. The molecule has 156 valence electrons. The van der Waals surface area contributed by atoms with Crippen molar-refractivity contribution in [3.63, 3.8) is 0 Å². The van der Waals surface area contributed by atoms with Crippen LogP contribution in [0.25, 0.3) is 0 Å². The molecule has 6 heteroatoms. The monoisotopic (exact) mass is 406 g/mol. The molecule has 2 aromatic carbocycles. The highest BCUT2D eigenvalue weighted by Gasteiger charge is 2.38. The lowest BCUT2D eigenvalue weighted by Crippen LogP contribution is -2.36. The molecule has 0 N–H and O–H groups in total. The molecule has 0 aromatic heterocycles. The van der Waals surface area contributed by atoms with Crippen molar-refractivity contribution < 1.29 is 19.1 Å². The van der Waals surface area contributed by atoms with Crippen LogP contribution in [0.3, 0.4) is 0 Å². The van der Waals surface area contributed by atoms with E-state index in [-0.39, 0.29) is 30.4 Å². The summed E-state index contributed by atoms with van der Waals surface area (Å²) in [5.41, 5.74) is 2.15. The predicted octanol–water partition coefficient (Wildman–Crippen LogP) is 3.51. The minimum atomic E-state index is -0.342. The van der Waals surface area contributed by atoms with Crippen LogP contribution < -0.4 is 0 Å². The van der Waals surface area contributed by atoms with Gasteiger partial charge in [-0.15, -0.1) is 0 Å². The van der Waals surface area contributed by atoms with Gasteiger partial charge in [0.05, 0.1) is 23.8 Å². The van der Waals surface area contributed by atoms with Crippen molar-refractivity contribution in [2.75, 3.05) is 19.7 Å². The molecule has 2 aliphatic rings. The molecule has 2 aliphatic heterocycles. The highest BCUT2D eigenvalue weighted by atomic mass is 16.5. The van der Waals surface area contributed by atoms with Gasteiger partial charge in [0.2, 0.25) is 0 Å². The average Bonchev–Trinajstić information content (AvgIpc) is 3.36. The molecule has 30 heavy (non-hydrogen) atoms. The van der Waals surface area contributed by atoms with E-state index in [2.05, 4.69) is 0 Å². The number of hydrogen-bond donors (Lipinski definition) is 0. The molecule has 4 rings (SSSR count). The second-order valence-electron chi connectivity index (χ2n) is 7.83. The summed E-state index contributed by atoms with van der Waals surface area (Å²) in [7, 11) is 0. The fraction of sp³-hybridized carbons (Fsp3) is 0.375. The summed E-state index contributed by atoms with van der Waals surface area (Å²) >= 11 is 0. The zero-order valence-corrected chi connectivity index (χ0v) is 17.2. The van der Waals surface area contributed by atoms with Crippen LogP contribution in [-0.4, -0.2) is 53.3 Å². The Morgan fingerprint density at radius 1 is 1.10 bits per heavy atom. The van der Waals surface area contributed by atoms with Gasteiger partial charge < -0.3 is 9.64 Å². The minimum Gasteiger partial charge on any atom is -0.376 e. The number of imide groups is 1. The molecule has 0 bridgehead atoms. The summed E-state index contributed by atoms with van der Waals surface area (Å²) in [6, 6.07) is 14.6. The van der Waals surface area contributed by atoms with Crippen LogP contribution in [0.5, 0.6) is 0 Å². The van der Waals surface area contributed by atoms with E-state index in [1.165, 1.54) is 4.90 Å². The first kappa shape index (κ1) is 20.3. The van der Waals surface area contributed by atoms with Crippen LogP contribution in [0.1, 0.15) is 62.8 Å². The number of nitrogens with zero attached hydrogens (tertiary/aromatic N) is 2. The maximum Gasteiger partial charge on any atom is 0.261 e. The van der Waals surface area contributed by atoms with E-state index in [0.29, 0.717) is 36.4 Å². The van der Waals surface area contributed by atoms with Crippen molar-refractivity contribution in [1.29, 1.82) is 0 Å². The highest BCUT2D eigenvalue weighted by Crippen LogP contribution is 2.26. The van der Waals surface area contributed by atoms with Gasteiger partial charge >= 0.3 is 0 Å². The molecule has 2 heterocycles. The molecule has 0 saturated carbocycles. The van der Waals surface area contributed by atoms with Crippen LogP contribution in [0.4, 0.5) is 0 Å². The van der Waals surface area contributed by atoms with E-state index in [0.717, 1.165) is 24.8 Å². The second kappa shape index (κ2) is 8.79. The molecule has 2 aromatic rings. The van der Waals surface area contributed by atoms with Gasteiger partial charge in [0.1, 0.15) is 0 Å². The van der Waals surface area contributed by atoms with Crippen molar-refractivity contribution in [2.45, 2.75) is 38.8 Å². The van der Waals surface area contributed by atoms with E-state index in [1.807, 2.05) is 37.3 Å². The van der Waals surface area contributed by atoms with Gasteiger partial charge in [-0.2, -0.15) is 0 Å². The van der Waals surface area contributed by atoms with Gasteiger partial charge in [-0.25, -0.2) is 0 Å². The largest absolute Gasteiger partial charge is 0.376 e. The molecular weight excluding hydrogens is 380 g/mol. The number of hydrogen-bond acceptors (Lipinski definition) is 4. The number of rotatable bonds is 7. The number of carbonyl (C=O) groups is 3. The molecule has 3 amide bonds. The Morgan fingerprint density at radius 3 is 2.57 bits per heavy atom. The average molecular weight is 406 g/mol. The van der Waals surface area contributed by atoms with Crippen LogP contribution in [0.15, 0.2) is 48.5 Å². The van der Waals surface area contributed by atoms with E-state index in [9.17, 15) is 14.4 Å². The SMILES string of the molecule is CCCN(Cc1ccccc1)C(=O)c1ccc2c(c1)C(=O)N(CC1CCCO1)C2=O. The molecular formula is C24H26N2O4. The Balaban J connectivity index is 1.54. The molecule has 6 nitrogen and oxygen atoms in total. The fourth-order valence-electron chi connectivity index (χ4n) is 4.09. The lowest BCUT2D eigenvalue weighted by Gasteiger charge is -2.22. The minimum absolute atomic E-state index is 0.0979. The van der Waals surface area contributed by atoms with E-state index in [1.54, 1.807) is 23.1 Å². The van der Waals surface area contributed by atoms with Crippen LogP contribution >= 0.6 is 0 Å². The summed E-state index contributed by atoms with van der Waals surface area (Å²) in [5.74, 6) is -0.786. The van der Waals surface area contributed by atoms with Crippen LogP contribution in [0.2, 0.25) is 0 Å². The number of ether oxygens (including phenoxy) is 1. The van der Waals surface area contributed by atoms with Gasteiger partial charge in [-0.3, -0.25) is 19.3 Å². The Morgan fingerprint density at radius 2 is 1.87 bits per heavy atom. The van der Waals surface area contributed by atoms with Crippen LogP contribution in [0, 0.1) is 0 Å². The first-order valence-corrected chi connectivity index (χ1v) is 10.5. The van der Waals surface area contributed by atoms with E-state index in [4.69, 9.17) is 4.74 Å². The molecule has 1 atom stereocenters. The third kappa shape index (κ3) is 4.00. The Hall–Kier alpha value is -2.99. The third-order valence-electron chi connectivity index (χ3n) is 5.62. The standard InChI is InChI=1S/C24H26N2O4/c1-2-12-25(15-17-7-4-3-5-8-17)22(27)18-10-11-20-21(14-18)24(29)26(23(20)28)16-19-9-6-13-30-19/h3-5,7-8,10-11,14,19H,2,6,9,12-13,15-16H2,1H3. The zero-order valence-electron chi connectivity index (χ0n) is 17.2. The van der Waals surface area contributed by atoms with Crippen molar-refractivity contribution in [3.05, 3.63) is 70.8 Å².